The molecular weight excluding hydrogens is 258 g/mol. The quantitative estimate of drug-likeness (QED) is 0.400. The summed E-state index contributed by atoms with van der Waals surface area (Å²) in [5, 5.41) is 0. The van der Waals surface area contributed by atoms with E-state index in [9.17, 15) is 4.79 Å². The Morgan fingerprint density at radius 1 is 1.13 bits per heavy atom. The van der Waals surface area contributed by atoms with Gasteiger partial charge in [-0.2, -0.15) is 0 Å². The molecule has 0 bridgehead atoms. The lowest BCUT2D eigenvalue weighted by molar-refractivity contribution is -0.135. The molecule has 15 heavy (non-hydrogen) atoms. The van der Waals surface area contributed by atoms with Crippen molar-refractivity contribution in [2.45, 2.75) is 6.92 Å². The van der Waals surface area contributed by atoms with Crippen molar-refractivity contribution in [3.8, 4) is 0 Å². The number of esters is 1. The van der Waals surface area contributed by atoms with Gasteiger partial charge < -0.3 is 4.74 Å². The third kappa shape index (κ3) is 321. The third-order valence-corrected chi connectivity index (χ3v) is 0.249. The van der Waals surface area contributed by atoms with Gasteiger partial charge in [0, 0.05) is 6.92 Å². The van der Waals surface area contributed by atoms with E-state index in [4.69, 9.17) is 11.6 Å². The number of carbonyl (C=O) groups is 1. The van der Waals surface area contributed by atoms with Gasteiger partial charge in [0.2, 0.25) is 0 Å². The summed E-state index contributed by atoms with van der Waals surface area (Å²) in [5.74, 6) is -0.329. The highest BCUT2D eigenvalue weighted by Crippen LogP contribution is 1.70. The van der Waals surface area contributed by atoms with Crippen molar-refractivity contribution in [2.24, 2.45) is 0 Å². The van der Waals surface area contributed by atoms with Crippen LogP contribution in [0.25, 0.3) is 0 Å². The average Bonchev–Trinajstić information content (AvgIpc) is 2.12. The molecule has 0 spiro atoms. The third-order valence-electron chi connectivity index (χ3n) is 0.249. The zero-order valence-electron chi connectivity index (χ0n) is 8.91. The molecule has 0 unspecified atom stereocenters. The number of carbonyl (C=O) groups excluding carboxylic acids is 1. The van der Waals surface area contributed by atoms with E-state index in [0.717, 1.165) is 6.26 Å². The Kier molecular flexibility index (Phi) is 175. The van der Waals surface area contributed by atoms with E-state index in [1.165, 1.54) is 12.5 Å². The van der Waals surface area contributed by atoms with E-state index in [2.05, 4.69) is 44.2 Å². The van der Waals surface area contributed by atoms with E-state index >= 15 is 0 Å². The second-order valence-electron chi connectivity index (χ2n) is 0.930. The van der Waals surface area contributed by atoms with Gasteiger partial charge in [-0.1, -0.05) is 24.8 Å². The molecule has 0 atom stereocenters. The molecule has 0 rings (SSSR count). The molecule has 0 aromatic rings. The first kappa shape index (κ1) is 36.7. The van der Waals surface area contributed by atoms with Crippen molar-refractivity contribution in [3.05, 3.63) is 51.3 Å². The van der Waals surface area contributed by atoms with Crippen LogP contribution in [0.3, 0.4) is 0 Å². The van der Waals surface area contributed by atoms with Gasteiger partial charge in [0.05, 0.1) is 6.26 Å². The number of halogens is 3. The highest BCUT2D eigenvalue weighted by Gasteiger charge is 1.79. The Hall–Kier alpha value is -0.700. The van der Waals surface area contributed by atoms with Crippen molar-refractivity contribution < 1.29 is 9.53 Å². The average molecular weight is 278 g/mol. The first-order valence-electron chi connectivity index (χ1n) is 3.18. The predicted octanol–water partition coefficient (Wildman–Crippen LogP) is 4.51. The van der Waals surface area contributed by atoms with Crippen molar-refractivity contribution in [3.63, 3.8) is 0 Å². The largest absolute Gasteiger partial charge is 0.435 e. The Labute approximate surface area is 110 Å². The molecule has 5 heteroatoms. The molecular formula is C10H19Cl3O2. The fourth-order valence-electron chi connectivity index (χ4n) is 0.117. The van der Waals surface area contributed by atoms with Crippen LogP contribution >= 0.6 is 36.4 Å². The molecule has 2 nitrogen and oxygen atoms in total. The summed E-state index contributed by atoms with van der Waals surface area (Å²) in [6, 6.07) is 0. The molecule has 0 amide bonds. The minimum atomic E-state index is -0.329. The number of ether oxygens (including phenoxy) is 1. The van der Waals surface area contributed by atoms with E-state index in [1.54, 1.807) is 0 Å². The maximum absolute atomic E-state index is 9.75. The second-order valence-corrected chi connectivity index (χ2v) is 1.24. The van der Waals surface area contributed by atoms with Crippen LogP contribution in [0.4, 0.5) is 0 Å². The van der Waals surface area contributed by atoms with Crippen LogP contribution in [-0.2, 0) is 9.53 Å². The Morgan fingerprint density at radius 2 is 1.33 bits per heavy atom. The molecule has 0 saturated heterocycles. The molecule has 0 aromatic carbocycles. The monoisotopic (exact) mass is 276 g/mol. The Morgan fingerprint density at radius 3 is 1.33 bits per heavy atom. The summed E-state index contributed by atoms with van der Waals surface area (Å²) in [7, 11) is 0. The molecule has 0 fully saturated rings. The standard InChI is InChI=1S/C4H6O2.C2H3Cl.2C2H4.2ClH/c1-3-6-4(2)5;1-2-3;2*1-2;;/h3H,1H2,2H3;2H,1H2;2*1-2H2;2*1H. The molecule has 0 radical (unpaired) electrons. The maximum Gasteiger partial charge on any atom is 0.307 e. The fraction of sp³-hybridized carbons (Fsp3) is 0.100. The summed E-state index contributed by atoms with van der Waals surface area (Å²) in [5.41, 5.74) is 1.22. The molecule has 0 saturated carbocycles. The lowest BCUT2D eigenvalue weighted by Gasteiger charge is -1.83. The fourth-order valence-corrected chi connectivity index (χ4v) is 0.117. The summed E-state index contributed by atoms with van der Waals surface area (Å²) in [4.78, 5) is 9.75. The zero-order chi connectivity index (χ0) is 11.7. The van der Waals surface area contributed by atoms with Crippen LogP contribution in [0, 0.1) is 0 Å². The molecule has 0 aliphatic rings. The van der Waals surface area contributed by atoms with Crippen LogP contribution in [0.2, 0.25) is 0 Å². The van der Waals surface area contributed by atoms with Crippen molar-refractivity contribution >= 4 is 42.4 Å². The molecule has 0 aromatic heterocycles. The van der Waals surface area contributed by atoms with E-state index in [-0.39, 0.29) is 30.8 Å². The summed E-state index contributed by atoms with van der Waals surface area (Å²) in [6.07, 6.45) is 1.10. The Balaban J connectivity index is -0.0000000197. The van der Waals surface area contributed by atoms with Gasteiger partial charge in [0.15, 0.2) is 0 Å². The summed E-state index contributed by atoms with van der Waals surface area (Å²) >= 11 is 4.76. The van der Waals surface area contributed by atoms with E-state index < -0.39 is 0 Å². The van der Waals surface area contributed by atoms with Gasteiger partial charge in [-0.25, -0.2) is 0 Å². The minimum absolute atomic E-state index is 0. The lowest BCUT2D eigenvalue weighted by Crippen LogP contribution is -1.87. The molecule has 0 N–H and O–H groups in total. The molecule has 0 aliphatic carbocycles. The second kappa shape index (κ2) is 71.6. The van der Waals surface area contributed by atoms with Crippen molar-refractivity contribution in [1.29, 1.82) is 0 Å². The van der Waals surface area contributed by atoms with Gasteiger partial charge in [-0.15, -0.1) is 51.1 Å². The van der Waals surface area contributed by atoms with Crippen molar-refractivity contribution in [1.82, 2.24) is 0 Å². The normalized spacial score (nSPS) is 4.13. The van der Waals surface area contributed by atoms with Crippen LogP contribution in [0.15, 0.2) is 51.3 Å². The maximum atomic E-state index is 9.75. The number of rotatable bonds is 1. The molecule has 0 heterocycles. The zero-order valence-corrected chi connectivity index (χ0v) is 11.3. The molecule has 92 valence electrons. The van der Waals surface area contributed by atoms with Crippen LogP contribution in [0.1, 0.15) is 6.92 Å². The summed E-state index contributed by atoms with van der Waals surface area (Å²) < 4.78 is 4.17. The van der Waals surface area contributed by atoms with Crippen LogP contribution < -0.4 is 0 Å². The number of hydrogen-bond acceptors (Lipinski definition) is 2. The lowest BCUT2D eigenvalue weighted by atomic mass is 10.8. The van der Waals surface area contributed by atoms with Gasteiger partial charge >= 0.3 is 5.97 Å². The van der Waals surface area contributed by atoms with Crippen molar-refractivity contribution in [2.75, 3.05) is 0 Å². The first-order valence-corrected chi connectivity index (χ1v) is 3.62. The van der Waals surface area contributed by atoms with E-state index in [1.807, 2.05) is 0 Å². The minimum Gasteiger partial charge on any atom is -0.435 e. The van der Waals surface area contributed by atoms with Gasteiger partial charge in [-0.05, 0) is 5.54 Å². The highest BCUT2D eigenvalue weighted by molar-refractivity contribution is 6.25. The molecule has 0 aliphatic heterocycles. The summed E-state index contributed by atoms with van der Waals surface area (Å²) in [6.45, 7) is 19.6. The topological polar surface area (TPSA) is 26.3 Å². The SMILES string of the molecule is C=C.C=C.C=CCl.C=COC(C)=O.Cl.Cl. The van der Waals surface area contributed by atoms with Gasteiger partial charge in [0.1, 0.15) is 0 Å². The number of hydrogen-bond donors (Lipinski definition) is 0. The smallest absolute Gasteiger partial charge is 0.307 e. The van der Waals surface area contributed by atoms with Gasteiger partial charge in [-0.3, -0.25) is 4.79 Å². The first-order chi connectivity index (χ1) is 6.18. The van der Waals surface area contributed by atoms with Crippen LogP contribution in [0.5, 0.6) is 0 Å². The Bertz CT molecular complexity index is 126. The predicted molar refractivity (Wildman–Crippen MR) is 75.0 cm³/mol. The highest BCUT2D eigenvalue weighted by atomic mass is 35.5. The van der Waals surface area contributed by atoms with E-state index in [0.29, 0.717) is 0 Å². The van der Waals surface area contributed by atoms with Crippen LogP contribution in [-0.4, -0.2) is 5.97 Å². The van der Waals surface area contributed by atoms with Gasteiger partial charge in [0.25, 0.3) is 0 Å².